The molecule has 9 nitrogen and oxygen atoms in total. The Morgan fingerprint density at radius 2 is 2.13 bits per heavy atom. The number of nitrogens with one attached hydrogen (secondary N) is 1. The molecule has 2 aromatic heterocycles. The van der Waals surface area contributed by atoms with Gasteiger partial charge in [0, 0.05) is 32.4 Å². The molecule has 31 heavy (non-hydrogen) atoms. The third-order valence-electron chi connectivity index (χ3n) is 4.77. The van der Waals surface area contributed by atoms with Gasteiger partial charge in [-0.15, -0.1) is 10.2 Å². The van der Waals surface area contributed by atoms with Crippen molar-refractivity contribution in [2.45, 2.75) is 19.2 Å². The predicted octanol–water partition coefficient (Wildman–Crippen LogP) is 2.06. The van der Waals surface area contributed by atoms with Crippen molar-refractivity contribution >= 4 is 29.1 Å². The van der Waals surface area contributed by atoms with Crippen molar-refractivity contribution in [2.24, 2.45) is 0 Å². The Morgan fingerprint density at radius 1 is 1.23 bits per heavy atom. The number of halogens is 2. The van der Waals surface area contributed by atoms with E-state index in [0.29, 0.717) is 41.3 Å². The maximum Gasteiger partial charge on any atom is 0.243 e. The van der Waals surface area contributed by atoms with E-state index >= 15 is 0 Å². The van der Waals surface area contributed by atoms with Crippen molar-refractivity contribution in [3.05, 3.63) is 58.2 Å². The van der Waals surface area contributed by atoms with E-state index in [1.54, 1.807) is 24.4 Å². The highest BCUT2D eigenvalue weighted by Gasteiger charge is 2.21. The zero-order valence-electron chi connectivity index (χ0n) is 16.6. The Hall–Kier alpha value is -2.59. The molecular weight excluding hydrogens is 441 g/mol. The fraction of sp³-hybridized carbons (Fsp3) is 0.350. The molecule has 1 fully saturated rings. The lowest BCUT2D eigenvalue weighted by molar-refractivity contribution is -0.123. The van der Waals surface area contributed by atoms with Gasteiger partial charge in [-0.1, -0.05) is 35.3 Å². The van der Waals surface area contributed by atoms with Crippen LogP contribution in [0, 0.1) is 0 Å². The molecule has 1 amide bonds. The Balaban J connectivity index is 1.24. The molecule has 0 radical (unpaired) electrons. The number of hydrogen-bond acceptors (Lipinski definition) is 7. The highest BCUT2D eigenvalue weighted by atomic mass is 35.5. The molecular formula is C20H21Cl2N7O2. The SMILES string of the molecule is O=C(Cn1nnc(-c2ccccn2)n1)NCC1CN(Cc2ccc(Cl)c(Cl)c2)CCO1. The molecule has 1 aliphatic rings. The smallest absolute Gasteiger partial charge is 0.243 e. The fourth-order valence-corrected chi connectivity index (χ4v) is 3.58. The summed E-state index contributed by atoms with van der Waals surface area (Å²) < 4.78 is 5.79. The van der Waals surface area contributed by atoms with Gasteiger partial charge in [0.15, 0.2) is 0 Å². The third-order valence-corrected chi connectivity index (χ3v) is 5.51. The maximum absolute atomic E-state index is 12.3. The standard InChI is InChI=1S/C20H21Cl2N7O2/c21-16-5-4-14(9-17(16)22)11-28-7-8-31-15(12-28)10-24-19(30)13-29-26-20(25-27-29)18-3-1-2-6-23-18/h1-6,9,15H,7-8,10-13H2,(H,24,30). The lowest BCUT2D eigenvalue weighted by atomic mass is 10.2. The van der Waals surface area contributed by atoms with Gasteiger partial charge in [0.2, 0.25) is 11.7 Å². The first-order valence-corrected chi connectivity index (χ1v) is 10.6. The molecule has 11 heteroatoms. The first-order chi connectivity index (χ1) is 15.1. The monoisotopic (exact) mass is 461 g/mol. The van der Waals surface area contributed by atoms with E-state index in [-0.39, 0.29) is 18.6 Å². The van der Waals surface area contributed by atoms with Crippen molar-refractivity contribution in [2.75, 3.05) is 26.2 Å². The summed E-state index contributed by atoms with van der Waals surface area (Å²) in [6.45, 7) is 3.22. The van der Waals surface area contributed by atoms with Gasteiger partial charge in [0.25, 0.3) is 0 Å². The van der Waals surface area contributed by atoms with E-state index in [2.05, 4.69) is 30.6 Å². The highest BCUT2D eigenvalue weighted by molar-refractivity contribution is 6.42. The number of rotatable bonds is 7. The molecule has 1 unspecified atom stereocenters. The van der Waals surface area contributed by atoms with Crippen molar-refractivity contribution in [3.63, 3.8) is 0 Å². The summed E-state index contributed by atoms with van der Waals surface area (Å²) in [5.74, 6) is 0.164. The van der Waals surface area contributed by atoms with Gasteiger partial charge in [0.1, 0.15) is 12.2 Å². The Bertz CT molecular complexity index is 1030. The van der Waals surface area contributed by atoms with Gasteiger partial charge in [-0.2, -0.15) is 4.80 Å². The molecule has 162 valence electrons. The van der Waals surface area contributed by atoms with Crippen LogP contribution in [0.25, 0.3) is 11.5 Å². The molecule has 4 rings (SSSR count). The van der Waals surface area contributed by atoms with Gasteiger partial charge < -0.3 is 10.1 Å². The number of tetrazole rings is 1. The highest BCUT2D eigenvalue weighted by Crippen LogP contribution is 2.23. The lowest BCUT2D eigenvalue weighted by Crippen LogP contribution is -2.47. The summed E-state index contributed by atoms with van der Waals surface area (Å²) in [4.78, 5) is 20.0. The number of hydrogen-bond donors (Lipinski definition) is 1. The van der Waals surface area contributed by atoms with Crippen LogP contribution in [0.15, 0.2) is 42.6 Å². The van der Waals surface area contributed by atoms with Gasteiger partial charge in [-0.3, -0.25) is 14.7 Å². The largest absolute Gasteiger partial charge is 0.374 e. The Morgan fingerprint density at radius 3 is 2.94 bits per heavy atom. The van der Waals surface area contributed by atoms with Crippen LogP contribution in [0.3, 0.4) is 0 Å². The van der Waals surface area contributed by atoms with Crippen LogP contribution in [0.5, 0.6) is 0 Å². The lowest BCUT2D eigenvalue weighted by Gasteiger charge is -2.33. The van der Waals surface area contributed by atoms with E-state index in [9.17, 15) is 4.79 Å². The van der Waals surface area contributed by atoms with Crippen LogP contribution in [0.2, 0.25) is 10.0 Å². The zero-order chi connectivity index (χ0) is 21.6. The number of benzene rings is 1. The Kier molecular flexibility index (Phi) is 7.08. The molecule has 3 aromatic rings. The topological polar surface area (TPSA) is 98.1 Å². The van der Waals surface area contributed by atoms with E-state index in [4.69, 9.17) is 27.9 Å². The minimum atomic E-state index is -0.213. The molecule has 3 heterocycles. The second-order valence-corrected chi connectivity index (χ2v) is 7.95. The molecule has 0 spiro atoms. The minimum Gasteiger partial charge on any atom is -0.374 e. The van der Waals surface area contributed by atoms with Crippen LogP contribution in [0.1, 0.15) is 5.56 Å². The molecule has 1 aliphatic heterocycles. The van der Waals surface area contributed by atoms with Crippen molar-refractivity contribution in [1.82, 2.24) is 35.4 Å². The van der Waals surface area contributed by atoms with E-state index in [1.807, 2.05) is 18.2 Å². The van der Waals surface area contributed by atoms with E-state index < -0.39 is 0 Å². The molecule has 0 aliphatic carbocycles. The van der Waals surface area contributed by atoms with Gasteiger partial charge >= 0.3 is 0 Å². The number of carbonyl (C=O) groups excluding carboxylic acids is 1. The maximum atomic E-state index is 12.3. The van der Waals surface area contributed by atoms with Gasteiger partial charge in [-0.25, -0.2) is 0 Å². The molecule has 0 saturated carbocycles. The van der Waals surface area contributed by atoms with Crippen LogP contribution in [-0.4, -0.2) is 68.3 Å². The van der Waals surface area contributed by atoms with Crippen LogP contribution < -0.4 is 5.32 Å². The molecule has 0 bridgehead atoms. The van der Waals surface area contributed by atoms with Crippen molar-refractivity contribution in [3.8, 4) is 11.5 Å². The zero-order valence-corrected chi connectivity index (χ0v) is 18.1. The predicted molar refractivity (Wildman–Crippen MR) is 116 cm³/mol. The number of aromatic nitrogens is 5. The summed E-state index contributed by atoms with van der Waals surface area (Å²) in [7, 11) is 0. The van der Waals surface area contributed by atoms with E-state index in [1.165, 1.54) is 4.80 Å². The number of pyridine rings is 1. The Labute approximate surface area is 189 Å². The average molecular weight is 462 g/mol. The van der Waals surface area contributed by atoms with Crippen LogP contribution >= 0.6 is 23.2 Å². The van der Waals surface area contributed by atoms with Crippen LogP contribution in [-0.2, 0) is 22.6 Å². The van der Waals surface area contributed by atoms with Crippen molar-refractivity contribution in [1.29, 1.82) is 0 Å². The van der Waals surface area contributed by atoms with E-state index in [0.717, 1.165) is 18.7 Å². The number of amides is 1. The quantitative estimate of drug-likeness (QED) is 0.574. The van der Waals surface area contributed by atoms with Crippen LogP contribution in [0.4, 0.5) is 0 Å². The molecule has 1 aromatic carbocycles. The summed E-state index contributed by atoms with van der Waals surface area (Å²) in [6.07, 6.45) is 1.55. The normalized spacial score (nSPS) is 16.9. The first-order valence-electron chi connectivity index (χ1n) is 9.80. The first kappa shape index (κ1) is 21.6. The van der Waals surface area contributed by atoms with Gasteiger partial charge in [-0.05, 0) is 35.0 Å². The second-order valence-electron chi connectivity index (χ2n) is 7.14. The second kappa shape index (κ2) is 10.1. The number of morpholine rings is 1. The molecule has 1 atom stereocenters. The number of carbonyl (C=O) groups is 1. The number of nitrogens with zero attached hydrogens (tertiary/aromatic N) is 6. The van der Waals surface area contributed by atoms with Crippen molar-refractivity contribution < 1.29 is 9.53 Å². The molecule has 1 saturated heterocycles. The molecule has 1 N–H and O–H groups in total. The summed E-state index contributed by atoms with van der Waals surface area (Å²) in [5.41, 5.74) is 1.69. The third kappa shape index (κ3) is 5.98. The fourth-order valence-electron chi connectivity index (χ4n) is 3.26. The summed E-state index contributed by atoms with van der Waals surface area (Å²) in [5, 5.41) is 16.0. The number of ether oxygens (including phenoxy) is 1. The average Bonchev–Trinajstić information content (AvgIpc) is 3.24. The summed E-state index contributed by atoms with van der Waals surface area (Å²) in [6, 6.07) is 11.1. The summed E-state index contributed by atoms with van der Waals surface area (Å²) >= 11 is 12.1. The minimum absolute atomic E-state index is 0.0282. The van der Waals surface area contributed by atoms with Gasteiger partial charge in [0.05, 0.1) is 22.8 Å².